The first kappa shape index (κ1) is 22.9. The Kier molecular flexibility index (Phi) is 6.21. The van der Waals surface area contributed by atoms with Gasteiger partial charge in [0.15, 0.2) is 0 Å². The Morgan fingerprint density at radius 3 is 2.33 bits per heavy atom. The number of halogens is 3. The summed E-state index contributed by atoms with van der Waals surface area (Å²) >= 11 is 6.33. The molecule has 0 fully saturated rings. The number of hydrogen-bond donors (Lipinski definition) is 0. The number of hydrogen-bond acceptors (Lipinski definition) is 2. The Morgan fingerprint density at radius 2 is 1.73 bits per heavy atom. The van der Waals surface area contributed by atoms with Crippen LogP contribution in [0.25, 0.3) is 5.69 Å². The highest BCUT2D eigenvalue weighted by Crippen LogP contribution is 2.24. The summed E-state index contributed by atoms with van der Waals surface area (Å²) in [5, 5.41) is 0.381. The van der Waals surface area contributed by atoms with Crippen molar-refractivity contribution >= 4 is 11.6 Å². The predicted molar refractivity (Wildman–Crippen MR) is 126 cm³/mol. The number of imidazole rings is 1. The lowest BCUT2D eigenvalue weighted by Crippen LogP contribution is -2.27. The van der Waals surface area contributed by atoms with Gasteiger partial charge in [-0.25, -0.2) is 13.8 Å². The van der Waals surface area contributed by atoms with E-state index in [0.29, 0.717) is 22.6 Å². The van der Waals surface area contributed by atoms with Crippen LogP contribution in [0.5, 0.6) is 0 Å². The van der Waals surface area contributed by atoms with Crippen LogP contribution in [0.1, 0.15) is 46.5 Å². The van der Waals surface area contributed by atoms with Crippen LogP contribution in [0.3, 0.4) is 0 Å². The van der Waals surface area contributed by atoms with Crippen molar-refractivity contribution in [1.82, 2.24) is 14.1 Å². The molecule has 2 aromatic heterocycles. The van der Waals surface area contributed by atoms with Crippen molar-refractivity contribution in [1.29, 1.82) is 0 Å². The molecular weight excluding hydrogens is 444 g/mol. The lowest BCUT2D eigenvalue weighted by Gasteiger charge is -2.18. The first-order valence-corrected chi connectivity index (χ1v) is 11.0. The van der Waals surface area contributed by atoms with Gasteiger partial charge in [-0.1, -0.05) is 23.7 Å². The molecule has 0 spiro atoms. The molecule has 0 saturated carbocycles. The number of nitrogens with zero attached hydrogens (tertiary/aromatic N) is 3. The predicted octanol–water partition coefficient (Wildman–Crippen LogP) is 6.09. The topological polar surface area (TPSA) is 39.8 Å². The van der Waals surface area contributed by atoms with Gasteiger partial charge in [0.25, 0.3) is 5.56 Å². The summed E-state index contributed by atoms with van der Waals surface area (Å²) in [7, 11) is 0. The van der Waals surface area contributed by atoms with Crippen molar-refractivity contribution in [2.45, 2.75) is 40.2 Å². The van der Waals surface area contributed by atoms with Crippen LogP contribution in [0.2, 0.25) is 5.02 Å². The van der Waals surface area contributed by atoms with Gasteiger partial charge in [0, 0.05) is 35.6 Å². The van der Waals surface area contributed by atoms with Crippen molar-refractivity contribution in [2.75, 3.05) is 0 Å². The van der Waals surface area contributed by atoms with E-state index < -0.39 is 17.7 Å². The van der Waals surface area contributed by atoms with Crippen molar-refractivity contribution < 1.29 is 8.78 Å². The summed E-state index contributed by atoms with van der Waals surface area (Å²) in [6.07, 6.45) is 5.61. The lowest BCUT2D eigenvalue weighted by molar-refractivity contribution is 0.547. The molecule has 2 aromatic carbocycles. The van der Waals surface area contributed by atoms with E-state index in [4.69, 9.17) is 11.6 Å². The Morgan fingerprint density at radius 1 is 1.03 bits per heavy atom. The molecule has 0 saturated heterocycles. The zero-order valence-corrected chi connectivity index (χ0v) is 19.6. The van der Waals surface area contributed by atoms with Crippen molar-refractivity contribution in [3.8, 4) is 5.69 Å². The average molecular weight is 468 g/mol. The van der Waals surface area contributed by atoms with Gasteiger partial charge in [0.2, 0.25) is 0 Å². The molecule has 4 nitrogen and oxygen atoms in total. The van der Waals surface area contributed by atoms with Gasteiger partial charge < -0.3 is 9.13 Å². The Bertz CT molecular complexity index is 1380. The van der Waals surface area contributed by atoms with Crippen LogP contribution < -0.4 is 5.56 Å². The maximum atomic E-state index is 14.1. The zero-order chi connectivity index (χ0) is 23.9. The van der Waals surface area contributed by atoms with Gasteiger partial charge in [-0.3, -0.25) is 4.79 Å². The van der Waals surface area contributed by atoms with Crippen LogP contribution in [-0.4, -0.2) is 14.1 Å². The SMILES string of the molecule is Cc1cn(-c2ccc(Cc3cc(Cl)cn([C@@H](C)c4cc(F)c(C)c(F)c4)c3=O)cc2C)cn1. The maximum absolute atomic E-state index is 14.1. The molecule has 0 aliphatic heterocycles. The molecule has 0 aliphatic rings. The van der Waals surface area contributed by atoms with Gasteiger partial charge >= 0.3 is 0 Å². The minimum absolute atomic E-state index is 0.0465. The van der Waals surface area contributed by atoms with E-state index in [1.165, 1.54) is 29.8 Å². The minimum Gasteiger partial charge on any atom is -0.307 e. The molecule has 0 amide bonds. The second kappa shape index (κ2) is 8.94. The average Bonchev–Trinajstić information content (AvgIpc) is 3.19. The molecule has 1 atom stereocenters. The van der Waals surface area contributed by atoms with Crippen molar-refractivity contribution in [3.05, 3.63) is 116 Å². The van der Waals surface area contributed by atoms with E-state index in [0.717, 1.165) is 22.5 Å². The number of aromatic nitrogens is 3. The molecule has 0 radical (unpaired) electrons. The standard InChI is InChI=1S/C26H24ClF2N3O/c1-15-7-19(5-6-25(15)31-12-16(2)30-14-31)8-21-9-22(27)13-32(26(21)33)18(4)20-10-23(28)17(3)24(29)11-20/h5-7,9-14,18H,8H2,1-4H3/t18-/m0/s1. The van der Waals surface area contributed by atoms with Gasteiger partial charge in [-0.2, -0.15) is 0 Å². The Balaban J connectivity index is 1.68. The molecule has 2 heterocycles. The van der Waals surface area contributed by atoms with Crippen molar-refractivity contribution in [2.24, 2.45) is 0 Å². The summed E-state index contributed by atoms with van der Waals surface area (Å²) in [5.74, 6) is -1.29. The Hall–Kier alpha value is -3.25. The first-order valence-electron chi connectivity index (χ1n) is 10.6. The van der Waals surface area contributed by atoms with Gasteiger partial charge in [0.1, 0.15) is 11.6 Å². The number of aryl methyl sites for hydroxylation is 2. The highest BCUT2D eigenvalue weighted by molar-refractivity contribution is 6.30. The van der Waals surface area contributed by atoms with Crippen molar-refractivity contribution in [3.63, 3.8) is 0 Å². The number of rotatable bonds is 5. The smallest absolute Gasteiger partial charge is 0.254 e. The van der Waals surface area contributed by atoms with E-state index in [1.54, 1.807) is 19.3 Å². The summed E-state index contributed by atoms with van der Waals surface area (Å²) < 4.78 is 31.6. The fourth-order valence-electron chi connectivity index (χ4n) is 3.99. The van der Waals surface area contributed by atoms with E-state index in [-0.39, 0.29) is 11.1 Å². The van der Waals surface area contributed by atoms with Gasteiger partial charge in [-0.05, 0) is 68.7 Å². The largest absolute Gasteiger partial charge is 0.307 e. The molecule has 0 aliphatic carbocycles. The van der Waals surface area contributed by atoms with E-state index in [1.807, 2.05) is 42.8 Å². The van der Waals surface area contributed by atoms with E-state index in [2.05, 4.69) is 4.98 Å². The molecule has 0 bridgehead atoms. The maximum Gasteiger partial charge on any atom is 0.254 e. The van der Waals surface area contributed by atoms with Gasteiger partial charge in [0.05, 0.1) is 23.1 Å². The first-order chi connectivity index (χ1) is 15.6. The van der Waals surface area contributed by atoms with E-state index >= 15 is 0 Å². The molecule has 0 N–H and O–H groups in total. The molecule has 170 valence electrons. The third-order valence-corrected chi connectivity index (χ3v) is 6.14. The highest BCUT2D eigenvalue weighted by atomic mass is 35.5. The monoisotopic (exact) mass is 467 g/mol. The third kappa shape index (κ3) is 4.62. The number of benzene rings is 2. The van der Waals surface area contributed by atoms with Crippen LogP contribution in [-0.2, 0) is 6.42 Å². The zero-order valence-electron chi connectivity index (χ0n) is 18.9. The lowest BCUT2D eigenvalue weighted by atomic mass is 10.0. The fourth-order valence-corrected chi connectivity index (χ4v) is 4.23. The second-order valence-electron chi connectivity index (χ2n) is 8.40. The highest BCUT2D eigenvalue weighted by Gasteiger charge is 2.17. The summed E-state index contributed by atoms with van der Waals surface area (Å²) in [5.41, 5.74) is 4.52. The molecule has 0 unspecified atom stereocenters. The van der Waals surface area contributed by atoms with Crippen LogP contribution in [0.15, 0.2) is 59.9 Å². The van der Waals surface area contributed by atoms with Gasteiger partial charge in [-0.15, -0.1) is 0 Å². The summed E-state index contributed by atoms with van der Waals surface area (Å²) in [4.78, 5) is 17.5. The van der Waals surface area contributed by atoms with Crippen LogP contribution >= 0.6 is 11.6 Å². The Labute approximate surface area is 196 Å². The minimum atomic E-state index is -0.643. The van der Waals surface area contributed by atoms with Crippen LogP contribution in [0.4, 0.5) is 8.78 Å². The molecule has 4 rings (SSSR count). The molecular formula is C26H24ClF2N3O. The summed E-state index contributed by atoms with van der Waals surface area (Å²) in [6, 6.07) is 9.57. The quantitative estimate of drug-likeness (QED) is 0.356. The molecule has 7 heteroatoms. The molecule has 33 heavy (non-hydrogen) atoms. The molecule has 4 aromatic rings. The van der Waals surface area contributed by atoms with Crippen LogP contribution in [0, 0.1) is 32.4 Å². The summed E-state index contributed by atoms with van der Waals surface area (Å²) in [6.45, 7) is 7.04. The number of pyridine rings is 1. The normalized spacial score (nSPS) is 12.2. The second-order valence-corrected chi connectivity index (χ2v) is 8.84. The van der Waals surface area contributed by atoms with E-state index in [9.17, 15) is 13.6 Å². The third-order valence-electron chi connectivity index (χ3n) is 5.93. The fraction of sp³-hybridized carbons (Fsp3) is 0.231.